The topological polar surface area (TPSA) is 63.7 Å². The molecule has 0 aliphatic carbocycles. The fourth-order valence-electron chi connectivity index (χ4n) is 4.21. The zero-order valence-corrected chi connectivity index (χ0v) is 17.3. The highest BCUT2D eigenvalue weighted by atomic mass is 32.2. The quantitative estimate of drug-likeness (QED) is 0.730. The lowest BCUT2D eigenvalue weighted by Gasteiger charge is -2.30. The molecule has 2 heterocycles. The van der Waals surface area contributed by atoms with E-state index in [1.807, 2.05) is 42.5 Å². The molecule has 0 aromatic heterocycles. The second-order valence-electron chi connectivity index (χ2n) is 7.98. The van der Waals surface area contributed by atoms with Gasteiger partial charge in [0, 0.05) is 19.2 Å². The van der Waals surface area contributed by atoms with Gasteiger partial charge >= 0.3 is 0 Å². The number of benzene rings is 2. The summed E-state index contributed by atoms with van der Waals surface area (Å²) in [4.78, 5) is 14.9. The molecule has 6 heteroatoms. The van der Waals surface area contributed by atoms with Crippen LogP contribution >= 0.6 is 0 Å². The summed E-state index contributed by atoms with van der Waals surface area (Å²) in [6.45, 7) is 1.21. The lowest BCUT2D eigenvalue weighted by Crippen LogP contribution is -2.45. The Hall–Kier alpha value is -2.18. The Kier molecular flexibility index (Phi) is 6.01. The molecule has 2 atom stereocenters. The van der Waals surface area contributed by atoms with Crippen molar-refractivity contribution in [1.29, 1.82) is 0 Å². The number of hydrogen-bond acceptors (Lipinski definition) is 4. The SMILES string of the molecule is O=C(Cc1ccc(-c2ccccc2)cc1)N(C[C@H]1CCCO1)[C@H]1CCS(=O)(=O)C1. The van der Waals surface area contributed by atoms with E-state index in [2.05, 4.69) is 12.1 Å². The molecule has 2 saturated heterocycles. The van der Waals surface area contributed by atoms with Crippen LogP contribution in [0.15, 0.2) is 54.6 Å². The highest BCUT2D eigenvalue weighted by Gasteiger charge is 2.36. The average Bonchev–Trinajstić information content (AvgIpc) is 3.36. The van der Waals surface area contributed by atoms with Crippen LogP contribution < -0.4 is 0 Å². The maximum Gasteiger partial charge on any atom is 0.227 e. The largest absolute Gasteiger partial charge is 0.376 e. The van der Waals surface area contributed by atoms with E-state index in [9.17, 15) is 13.2 Å². The average molecular weight is 414 g/mol. The molecule has 2 aromatic carbocycles. The Balaban J connectivity index is 1.47. The number of hydrogen-bond donors (Lipinski definition) is 0. The third kappa shape index (κ3) is 5.06. The zero-order chi connectivity index (χ0) is 20.3. The van der Waals surface area contributed by atoms with Crippen LogP contribution in [-0.2, 0) is 25.8 Å². The number of ether oxygens (including phenoxy) is 1. The summed E-state index contributed by atoms with van der Waals surface area (Å²) >= 11 is 0. The third-order valence-electron chi connectivity index (χ3n) is 5.81. The minimum Gasteiger partial charge on any atom is -0.376 e. The number of amides is 1. The zero-order valence-electron chi connectivity index (χ0n) is 16.5. The summed E-state index contributed by atoms with van der Waals surface area (Å²) < 4.78 is 29.6. The highest BCUT2D eigenvalue weighted by Crippen LogP contribution is 2.23. The van der Waals surface area contributed by atoms with E-state index in [4.69, 9.17) is 4.74 Å². The first-order valence-corrected chi connectivity index (χ1v) is 12.1. The van der Waals surface area contributed by atoms with Crippen LogP contribution in [0.1, 0.15) is 24.8 Å². The predicted molar refractivity (Wildman–Crippen MR) is 113 cm³/mol. The van der Waals surface area contributed by atoms with Gasteiger partial charge in [-0.25, -0.2) is 8.42 Å². The van der Waals surface area contributed by atoms with E-state index in [0.29, 0.717) is 13.0 Å². The van der Waals surface area contributed by atoms with Crippen molar-refractivity contribution in [2.45, 2.75) is 37.8 Å². The molecular weight excluding hydrogens is 386 g/mol. The van der Waals surface area contributed by atoms with E-state index in [-0.39, 0.29) is 36.0 Å². The van der Waals surface area contributed by atoms with Gasteiger partial charge in [-0.05, 0) is 36.0 Å². The van der Waals surface area contributed by atoms with E-state index in [1.54, 1.807) is 4.90 Å². The molecule has 0 N–H and O–H groups in total. The number of carbonyl (C=O) groups is 1. The normalized spacial score (nSPS) is 23.2. The van der Waals surface area contributed by atoms with Gasteiger partial charge in [0.15, 0.2) is 9.84 Å². The lowest BCUT2D eigenvalue weighted by atomic mass is 10.0. The third-order valence-corrected chi connectivity index (χ3v) is 7.56. The molecule has 154 valence electrons. The van der Waals surface area contributed by atoms with Gasteiger partial charge in [0.1, 0.15) is 0 Å². The Morgan fingerprint density at radius 1 is 1.00 bits per heavy atom. The van der Waals surface area contributed by atoms with Crippen molar-refractivity contribution in [2.75, 3.05) is 24.7 Å². The maximum atomic E-state index is 13.1. The van der Waals surface area contributed by atoms with Crippen LogP contribution in [0.25, 0.3) is 11.1 Å². The van der Waals surface area contributed by atoms with E-state index in [1.165, 1.54) is 0 Å². The molecule has 2 aliphatic rings. The Bertz CT molecular complexity index is 935. The van der Waals surface area contributed by atoms with Crippen molar-refractivity contribution in [2.24, 2.45) is 0 Å². The summed E-state index contributed by atoms with van der Waals surface area (Å²) in [5, 5.41) is 0. The Morgan fingerprint density at radius 3 is 2.34 bits per heavy atom. The number of carbonyl (C=O) groups excluding carboxylic acids is 1. The first kappa shape index (κ1) is 20.1. The Labute approximate surface area is 172 Å². The van der Waals surface area contributed by atoms with Crippen LogP contribution in [-0.4, -0.2) is 56.0 Å². The van der Waals surface area contributed by atoms with Gasteiger partial charge in [0.05, 0.1) is 24.0 Å². The van der Waals surface area contributed by atoms with Crippen molar-refractivity contribution in [3.8, 4) is 11.1 Å². The minimum absolute atomic E-state index is 0.0164. The molecular formula is C23H27NO4S. The van der Waals surface area contributed by atoms with E-state index in [0.717, 1.165) is 36.1 Å². The van der Waals surface area contributed by atoms with Crippen LogP contribution in [0.5, 0.6) is 0 Å². The van der Waals surface area contributed by atoms with Gasteiger partial charge in [-0.15, -0.1) is 0 Å². The molecule has 0 radical (unpaired) electrons. The summed E-state index contributed by atoms with van der Waals surface area (Å²) in [6, 6.07) is 17.9. The summed E-state index contributed by atoms with van der Waals surface area (Å²) in [7, 11) is -3.05. The van der Waals surface area contributed by atoms with E-state index >= 15 is 0 Å². The molecule has 2 aliphatic heterocycles. The van der Waals surface area contributed by atoms with Gasteiger partial charge in [0.25, 0.3) is 0 Å². The van der Waals surface area contributed by atoms with Crippen molar-refractivity contribution in [3.05, 3.63) is 60.2 Å². The molecule has 0 bridgehead atoms. The number of nitrogens with zero attached hydrogens (tertiary/aromatic N) is 1. The first-order valence-electron chi connectivity index (χ1n) is 10.3. The molecule has 4 rings (SSSR count). The summed E-state index contributed by atoms with van der Waals surface area (Å²) in [5.41, 5.74) is 3.19. The van der Waals surface area contributed by atoms with Gasteiger partial charge in [0.2, 0.25) is 5.91 Å². The lowest BCUT2D eigenvalue weighted by molar-refractivity contribution is -0.134. The summed E-state index contributed by atoms with van der Waals surface area (Å²) in [5.74, 6) is 0.215. The number of sulfone groups is 1. The van der Waals surface area contributed by atoms with Crippen molar-refractivity contribution < 1.29 is 17.9 Å². The molecule has 5 nitrogen and oxygen atoms in total. The summed E-state index contributed by atoms with van der Waals surface area (Å²) in [6.07, 6.45) is 2.74. The first-order chi connectivity index (χ1) is 14.0. The molecule has 1 amide bonds. The van der Waals surface area contributed by atoms with Gasteiger partial charge in [-0.3, -0.25) is 4.79 Å². The molecule has 0 unspecified atom stereocenters. The van der Waals surface area contributed by atoms with Crippen LogP contribution in [0.3, 0.4) is 0 Å². The predicted octanol–water partition coefficient (Wildman–Crippen LogP) is 3.09. The monoisotopic (exact) mass is 413 g/mol. The van der Waals surface area contributed by atoms with Gasteiger partial charge < -0.3 is 9.64 Å². The molecule has 0 saturated carbocycles. The number of rotatable bonds is 6. The second kappa shape index (κ2) is 8.67. The van der Waals surface area contributed by atoms with Crippen molar-refractivity contribution in [3.63, 3.8) is 0 Å². The van der Waals surface area contributed by atoms with E-state index < -0.39 is 9.84 Å². The maximum absolute atomic E-state index is 13.1. The van der Waals surface area contributed by atoms with Gasteiger partial charge in [-0.1, -0.05) is 54.6 Å². The second-order valence-corrected chi connectivity index (χ2v) is 10.2. The fourth-order valence-corrected chi connectivity index (χ4v) is 5.94. The van der Waals surface area contributed by atoms with Crippen molar-refractivity contribution in [1.82, 2.24) is 4.90 Å². The standard InChI is InChI=1S/C23H27NO4S/c25-23(15-18-8-10-20(11-9-18)19-5-2-1-3-6-19)24(16-22-7-4-13-28-22)21-12-14-29(26,27)17-21/h1-3,5-6,8-11,21-22H,4,7,12-17H2/t21-,22+/m0/s1. The van der Waals surface area contributed by atoms with Gasteiger partial charge in [-0.2, -0.15) is 0 Å². The van der Waals surface area contributed by atoms with Crippen LogP contribution in [0.2, 0.25) is 0 Å². The minimum atomic E-state index is -3.05. The molecule has 2 fully saturated rings. The molecule has 2 aromatic rings. The van der Waals surface area contributed by atoms with Crippen LogP contribution in [0, 0.1) is 0 Å². The fraction of sp³-hybridized carbons (Fsp3) is 0.435. The van der Waals surface area contributed by atoms with Crippen LogP contribution in [0.4, 0.5) is 0 Å². The Morgan fingerprint density at radius 2 is 1.72 bits per heavy atom. The highest BCUT2D eigenvalue weighted by molar-refractivity contribution is 7.91. The molecule has 29 heavy (non-hydrogen) atoms. The van der Waals surface area contributed by atoms with Crippen molar-refractivity contribution >= 4 is 15.7 Å². The smallest absolute Gasteiger partial charge is 0.227 e. The molecule has 0 spiro atoms.